The van der Waals surface area contributed by atoms with Crippen molar-refractivity contribution in [2.24, 2.45) is 0 Å². The van der Waals surface area contributed by atoms with Crippen LogP contribution in [0.25, 0.3) is 33.5 Å². The van der Waals surface area contributed by atoms with Crippen molar-refractivity contribution in [3.8, 4) is 33.5 Å². The van der Waals surface area contributed by atoms with Crippen molar-refractivity contribution in [3.63, 3.8) is 0 Å². The molecule has 0 saturated carbocycles. The van der Waals surface area contributed by atoms with Crippen LogP contribution in [0.1, 0.15) is 0 Å². The molecule has 156 valence electrons. The molecular weight excluding hydrogens is 386 g/mol. The van der Waals surface area contributed by atoms with Crippen LogP contribution in [-0.2, 0) is 0 Å². The van der Waals surface area contributed by atoms with Crippen molar-refractivity contribution < 1.29 is 10.2 Å². The second-order valence-corrected chi connectivity index (χ2v) is 7.15. The Bertz CT molecular complexity index is 1100. The maximum absolute atomic E-state index is 9.63. The van der Waals surface area contributed by atoms with Crippen molar-refractivity contribution in [2.45, 2.75) is 0 Å². The average Bonchev–Trinajstić information content (AvgIpc) is 2.84. The fourth-order valence-electron chi connectivity index (χ4n) is 3.78. The maximum Gasteiger partial charge on any atom is 0.159 e. The predicted molar refractivity (Wildman–Crippen MR) is 125 cm³/mol. The third kappa shape index (κ3) is 4.48. The molecule has 5 nitrogen and oxygen atoms in total. The smallest absolute Gasteiger partial charge is 0.159 e. The molecule has 4 aromatic rings. The summed E-state index contributed by atoms with van der Waals surface area (Å²) in [5.74, 6) is 0.646. The van der Waals surface area contributed by atoms with Gasteiger partial charge in [0.25, 0.3) is 0 Å². The minimum absolute atomic E-state index is 0.0446. The summed E-state index contributed by atoms with van der Waals surface area (Å²) in [4.78, 5) is 1.89. The number of aliphatic hydroxyl groups excluding tert-OH is 2. The van der Waals surface area contributed by atoms with Gasteiger partial charge in [-0.2, -0.15) is 0 Å². The summed E-state index contributed by atoms with van der Waals surface area (Å²) >= 11 is 0. The first-order chi connectivity index (χ1) is 15.3. The van der Waals surface area contributed by atoms with Crippen LogP contribution >= 0.6 is 0 Å². The number of aliphatic hydroxyl groups is 2. The lowest BCUT2D eigenvalue weighted by Gasteiger charge is -2.26. The Morgan fingerprint density at radius 2 is 1.00 bits per heavy atom. The minimum atomic E-state index is -0.0446. The zero-order chi connectivity index (χ0) is 21.5. The second kappa shape index (κ2) is 9.98. The summed E-state index contributed by atoms with van der Waals surface area (Å²) in [6.45, 7) is 0.621. The van der Waals surface area contributed by atoms with Gasteiger partial charge in [0.05, 0.1) is 13.2 Å². The van der Waals surface area contributed by atoms with E-state index in [-0.39, 0.29) is 13.2 Å². The summed E-state index contributed by atoms with van der Waals surface area (Å²) in [6.07, 6.45) is 0. The van der Waals surface area contributed by atoms with Crippen molar-refractivity contribution in [3.05, 3.63) is 91.0 Å². The Morgan fingerprint density at radius 1 is 0.548 bits per heavy atom. The highest BCUT2D eigenvalue weighted by Gasteiger charge is 2.23. The SMILES string of the molecule is OCCN(CCO)c1nnc(-c2ccccc2)c(-c2ccccc2)c1-c1ccccc1. The molecule has 0 unspecified atom stereocenters. The van der Waals surface area contributed by atoms with Gasteiger partial charge in [-0.1, -0.05) is 91.0 Å². The van der Waals surface area contributed by atoms with E-state index in [1.807, 2.05) is 71.6 Å². The Hall–Kier alpha value is -3.54. The van der Waals surface area contributed by atoms with Crippen molar-refractivity contribution in [1.29, 1.82) is 0 Å². The summed E-state index contributed by atoms with van der Waals surface area (Å²) in [7, 11) is 0. The van der Waals surface area contributed by atoms with Gasteiger partial charge in [-0.3, -0.25) is 0 Å². The van der Waals surface area contributed by atoms with E-state index in [9.17, 15) is 10.2 Å². The molecule has 0 aliphatic carbocycles. The fraction of sp³-hybridized carbons (Fsp3) is 0.154. The standard InChI is InChI=1S/C26H25N3O2/c30-18-16-29(17-19-31)26-24(21-12-6-2-7-13-21)23(20-10-4-1-5-11-20)25(27-28-26)22-14-8-3-9-15-22/h1-15,30-31H,16-19H2. The van der Waals surface area contributed by atoms with Gasteiger partial charge >= 0.3 is 0 Å². The van der Waals surface area contributed by atoms with E-state index in [4.69, 9.17) is 0 Å². The second-order valence-electron chi connectivity index (χ2n) is 7.15. The molecule has 4 rings (SSSR count). The Morgan fingerprint density at radius 3 is 1.48 bits per heavy atom. The molecule has 0 spiro atoms. The largest absolute Gasteiger partial charge is 0.395 e. The number of hydrogen-bond acceptors (Lipinski definition) is 5. The zero-order valence-electron chi connectivity index (χ0n) is 17.2. The number of anilines is 1. The van der Waals surface area contributed by atoms with E-state index < -0.39 is 0 Å². The number of nitrogens with zero attached hydrogens (tertiary/aromatic N) is 3. The third-order valence-corrected chi connectivity index (χ3v) is 5.17. The zero-order valence-corrected chi connectivity index (χ0v) is 17.2. The minimum Gasteiger partial charge on any atom is -0.395 e. The molecule has 1 aromatic heterocycles. The lowest BCUT2D eigenvalue weighted by Crippen LogP contribution is -2.31. The molecule has 5 heteroatoms. The molecule has 2 N–H and O–H groups in total. The molecule has 1 heterocycles. The van der Waals surface area contributed by atoms with Crippen molar-refractivity contribution in [2.75, 3.05) is 31.2 Å². The number of rotatable bonds is 8. The molecule has 0 amide bonds. The highest BCUT2D eigenvalue weighted by molar-refractivity contribution is 5.97. The van der Waals surface area contributed by atoms with Gasteiger partial charge in [0.2, 0.25) is 0 Å². The number of aromatic nitrogens is 2. The third-order valence-electron chi connectivity index (χ3n) is 5.17. The first-order valence-corrected chi connectivity index (χ1v) is 10.4. The maximum atomic E-state index is 9.63. The molecule has 31 heavy (non-hydrogen) atoms. The topological polar surface area (TPSA) is 69.5 Å². The summed E-state index contributed by atoms with van der Waals surface area (Å²) < 4.78 is 0. The molecule has 0 saturated heterocycles. The van der Waals surface area contributed by atoms with Gasteiger partial charge in [0.1, 0.15) is 5.69 Å². The van der Waals surface area contributed by atoms with Crippen LogP contribution in [0.2, 0.25) is 0 Å². The summed E-state index contributed by atoms with van der Waals surface area (Å²) in [6, 6.07) is 30.3. The van der Waals surface area contributed by atoms with E-state index in [1.165, 1.54) is 0 Å². The van der Waals surface area contributed by atoms with Crippen LogP contribution in [0.5, 0.6) is 0 Å². The quantitative estimate of drug-likeness (QED) is 0.453. The molecule has 0 fully saturated rings. The Balaban J connectivity index is 2.07. The van der Waals surface area contributed by atoms with Gasteiger partial charge < -0.3 is 15.1 Å². The predicted octanol–water partition coefficient (Wildman–Crippen LogP) is 4.27. The first kappa shape index (κ1) is 20.7. The van der Waals surface area contributed by atoms with Crippen LogP contribution in [0, 0.1) is 0 Å². The van der Waals surface area contributed by atoms with E-state index >= 15 is 0 Å². The van der Waals surface area contributed by atoms with Gasteiger partial charge in [-0.15, -0.1) is 10.2 Å². The lowest BCUT2D eigenvalue weighted by molar-refractivity contribution is 0.280. The molecular formula is C26H25N3O2. The number of hydrogen-bond donors (Lipinski definition) is 2. The molecule has 3 aromatic carbocycles. The highest BCUT2D eigenvalue weighted by Crippen LogP contribution is 2.42. The van der Waals surface area contributed by atoms with E-state index in [0.29, 0.717) is 18.9 Å². The van der Waals surface area contributed by atoms with Crippen LogP contribution in [0.15, 0.2) is 91.0 Å². The van der Waals surface area contributed by atoms with Crippen LogP contribution in [0.4, 0.5) is 5.82 Å². The van der Waals surface area contributed by atoms with Crippen molar-refractivity contribution >= 4 is 5.82 Å². The molecule has 0 aliphatic heterocycles. The van der Waals surface area contributed by atoms with Gasteiger partial charge in [0.15, 0.2) is 5.82 Å². The van der Waals surface area contributed by atoms with E-state index in [2.05, 4.69) is 34.5 Å². The highest BCUT2D eigenvalue weighted by atomic mass is 16.3. The number of benzene rings is 3. The Kier molecular flexibility index (Phi) is 6.67. The fourth-order valence-corrected chi connectivity index (χ4v) is 3.78. The van der Waals surface area contributed by atoms with Gasteiger partial charge in [-0.05, 0) is 11.1 Å². The lowest BCUT2D eigenvalue weighted by atomic mass is 9.91. The van der Waals surface area contributed by atoms with Crippen molar-refractivity contribution in [1.82, 2.24) is 10.2 Å². The molecule has 0 atom stereocenters. The Labute approximate surface area is 182 Å². The van der Waals surface area contributed by atoms with Crippen LogP contribution in [0.3, 0.4) is 0 Å². The normalized spacial score (nSPS) is 10.8. The van der Waals surface area contributed by atoms with Crippen LogP contribution < -0.4 is 4.90 Å². The molecule has 0 radical (unpaired) electrons. The van der Waals surface area contributed by atoms with Gasteiger partial charge in [-0.25, -0.2) is 0 Å². The average molecular weight is 412 g/mol. The molecule has 0 bridgehead atoms. The summed E-state index contributed by atoms with van der Waals surface area (Å²) in [5, 5.41) is 28.5. The monoisotopic (exact) mass is 411 g/mol. The van der Waals surface area contributed by atoms with E-state index in [1.54, 1.807) is 0 Å². The molecule has 0 aliphatic rings. The first-order valence-electron chi connectivity index (χ1n) is 10.4. The summed E-state index contributed by atoms with van der Waals surface area (Å²) in [5.41, 5.74) is 5.72. The van der Waals surface area contributed by atoms with Crippen LogP contribution in [-0.4, -0.2) is 46.7 Å². The van der Waals surface area contributed by atoms with Gasteiger partial charge in [0, 0.05) is 29.8 Å². The van der Waals surface area contributed by atoms with E-state index in [0.717, 1.165) is 33.5 Å².